The molecule has 0 fully saturated rings. The Morgan fingerprint density at radius 1 is 1.00 bits per heavy atom. The third-order valence-corrected chi connectivity index (χ3v) is 5.83. The minimum absolute atomic E-state index is 0.185. The van der Waals surface area contributed by atoms with Gasteiger partial charge in [-0.25, -0.2) is 19.9 Å². The monoisotopic (exact) mass is 440 g/mol. The Kier molecular flexibility index (Phi) is 5.28. The highest BCUT2D eigenvalue weighted by Gasteiger charge is 2.19. The van der Waals surface area contributed by atoms with Gasteiger partial charge in [0.15, 0.2) is 10.8 Å². The molecule has 7 nitrogen and oxygen atoms in total. The fraction of sp³-hybridized carbons (Fsp3) is 0.125. The Hall–Kier alpha value is -3.78. The van der Waals surface area contributed by atoms with Gasteiger partial charge < -0.3 is 10.3 Å². The summed E-state index contributed by atoms with van der Waals surface area (Å²) in [7, 11) is 0. The van der Waals surface area contributed by atoms with E-state index in [0.29, 0.717) is 22.0 Å². The normalized spacial score (nSPS) is 12.2. The van der Waals surface area contributed by atoms with Gasteiger partial charge in [-0.15, -0.1) is 0 Å². The number of aromatic nitrogens is 5. The lowest BCUT2D eigenvalue weighted by atomic mass is 9.98. The molecule has 0 amide bonds. The van der Waals surface area contributed by atoms with Gasteiger partial charge in [0.1, 0.15) is 11.2 Å². The van der Waals surface area contributed by atoms with Crippen LogP contribution in [0.5, 0.6) is 0 Å². The maximum absolute atomic E-state index is 12.5. The molecule has 2 aromatic carbocycles. The number of nitrogens with zero attached hydrogens (tertiary/aromatic N) is 4. The first-order valence-electron chi connectivity index (χ1n) is 10.1. The lowest BCUT2D eigenvalue weighted by molar-refractivity contribution is 0.859. The van der Waals surface area contributed by atoms with Crippen LogP contribution in [-0.2, 0) is 0 Å². The van der Waals surface area contributed by atoms with Gasteiger partial charge in [0.25, 0.3) is 5.56 Å². The summed E-state index contributed by atoms with van der Waals surface area (Å²) in [5.74, 6) is 0.452. The summed E-state index contributed by atoms with van der Waals surface area (Å²) in [5, 5.41) is 5.36. The molecule has 0 aliphatic carbocycles. The number of para-hydroxylation sites is 1. The van der Waals surface area contributed by atoms with E-state index >= 15 is 0 Å². The molecule has 3 aromatic heterocycles. The van der Waals surface area contributed by atoms with Crippen molar-refractivity contribution in [1.82, 2.24) is 24.9 Å². The second-order valence-corrected chi connectivity index (χ2v) is 8.11. The molecule has 0 aliphatic heterocycles. The minimum atomic E-state index is -0.280. The van der Waals surface area contributed by atoms with Gasteiger partial charge in [-0.05, 0) is 25.3 Å². The first kappa shape index (κ1) is 20.1. The zero-order valence-electron chi connectivity index (χ0n) is 17.5. The van der Waals surface area contributed by atoms with Crippen LogP contribution in [0.3, 0.4) is 0 Å². The molecular weight excluding hydrogens is 420 g/mol. The van der Waals surface area contributed by atoms with Crippen molar-refractivity contribution in [2.45, 2.75) is 18.1 Å². The lowest BCUT2D eigenvalue weighted by Gasteiger charge is -2.20. The number of pyridine rings is 1. The van der Waals surface area contributed by atoms with Gasteiger partial charge in [0.2, 0.25) is 0 Å². The molecule has 0 aliphatic rings. The van der Waals surface area contributed by atoms with Crippen molar-refractivity contribution in [3.8, 4) is 11.3 Å². The van der Waals surface area contributed by atoms with E-state index < -0.39 is 0 Å². The first-order chi connectivity index (χ1) is 15.6. The van der Waals surface area contributed by atoms with E-state index in [1.807, 2.05) is 67.8 Å². The van der Waals surface area contributed by atoms with E-state index in [2.05, 4.69) is 31.3 Å². The molecule has 3 heterocycles. The van der Waals surface area contributed by atoms with Gasteiger partial charge in [-0.2, -0.15) is 0 Å². The van der Waals surface area contributed by atoms with Crippen molar-refractivity contribution >= 4 is 39.5 Å². The van der Waals surface area contributed by atoms with Gasteiger partial charge in [-0.1, -0.05) is 60.3 Å². The Balaban J connectivity index is 1.66. The predicted molar refractivity (Wildman–Crippen MR) is 129 cm³/mol. The van der Waals surface area contributed by atoms with E-state index in [1.54, 1.807) is 0 Å². The van der Waals surface area contributed by atoms with Crippen molar-refractivity contribution in [1.29, 1.82) is 0 Å². The van der Waals surface area contributed by atoms with Crippen LogP contribution in [-0.4, -0.2) is 31.2 Å². The Morgan fingerprint density at radius 2 is 1.78 bits per heavy atom. The van der Waals surface area contributed by atoms with Crippen molar-refractivity contribution in [2.75, 3.05) is 11.6 Å². The van der Waals surface area contributed by atoms with E-state index in [1.165, 1.54) is 18.1 Å². The molecule has 0 bridgehead atoms. The molecular formula is C24H20N6OS. The van der Waals surface area contributed by atoms with Crippen molar-refractivity contribution in [3.63, 3.8) is 0 Å². The van der Waals surface area contributed by atoms with Crippen LogP contribution in [0.4, 0.5) is 5.82 Å². The number of nitrogens with one attached hydrogen (secondary N) is 2. The van der Waals surface area contributed by atoms with Crippen LogP contribution >= 0.6 is 11.8 Å². The number of hydrogen-bond acceptors (Lipinski definition) is 7. The minimum Gasteiger partial charge on any atom is -0.363 e. The number of H-pyrrole nitrogens is 1. The SMILES string of the molecule is CSc1nc(N[C@@H](C)c2cc3ccccc3nc2-c2ccccc2)c2c(=O)[nH]cnc2n1. The zero-order chi connectivity index (χ0) is 22.1. The highest BCUT2D eigenvalue weighted by atomic mass is 32.2. The lowest BCUT2D eigenvalue weighted by Crippen LogP contribution is -2.16. The van der Waals surface area contributed by atoms with E-state index in [4.69, 9.17) is 4.98 Å². The second-order valence-electron chi connectivity index (χ2n) is 7.34. The smallest absolute Gasteiger partial charge is 0.263 e. The average molecular weight is 441 g/mol. The zero-order valence-corrected chi connectivity index (χ0v) is 18.4. The van der Waals surface area contributed by atoms with Gasteiger partial charge in [0, 0.05) is 16.5 Å². The molecule has 0 spiro atoms. The van der Waals surface area contributed by atoms with Crippen molar-refractivity contribution < 1.29 is 0 Å². The number of rotatable bonds is 5. The van der Waals surface area contributed by atoms with E-state index in [0.717, 1.165) is 27.7 Å². The van der Waals surface area contributed by atoms with Gasteiger partial charge >= 0.3 is 0 Å². The largest absolute Gasteiger partial charge is 0.363 e. The molecule has 0 saturated heterocycles. The molecule has 5 aromatic rings. The fourth-order valence-corrected chi connectivity index (χ4v) is 4.08. The summed E-state index contributed by atoms with van der Waals surface area (Å²) in [6, 6.07) is 20.1. The summed E-state index contributed by atoms with van der Waals surface area (Å²) in [6.07, 6.45) is 3.25. The average Bonchev–Trinajstić information content (AvgIpc) is 2.83. The van der Waals surface area contributed by atoms with Crippen LogP contribution < -0.4 is 10.9 Å². The van der Waals surface area contributed by atoms with Gasteiger partial charge in [0.05, 0.1) is 23.6 Å². The third kappa shape index (κ3) is 3.69. The summed E-state index contributed by atoms with van der Waals surface area (Å²) >= 11 is 1.40. The summed E-state index contributed by atoms with van der Waals surface area (Å²) in [4.78, 5) is 33.3. The topological polar surface area (TPSA) is 96.5 Å². The van der Waals surface area contributed by atoms with E-state index in [-0.39, 0.29) is 11.6 Å². The molecule has 8 heteroatoms. The second kappa shape index (κ2) is 8.39. The van der Waals surface area contributed by atoms with Crippen LogP contribution in [0.25, 0.3) is 33.2 Å². The first-order valence-corrected chi connectivity index (χ1v) is 11.4. The molecule has 0 radical (unpaired) electrons. The Bertz CT molecular complexity index is 1490. The standard InChI is InChI=1S/C24H20N6OS/c1-14(27-22-19-21(25-13-26-23(19)31)29-24(30-22)32-2)17-12-16-10-6-7-11-18(16)28-20(17)15-8-4-3-5-9-15/h3-14H,1-2H3,(H2,25,26,27,29,30,31)/t14-/m0/s1. The fourth-order valence-electron chi connectivity index (χ4n) is 3.72. The molecule has 32 heavy (non-hydrogen) atoms. The van der Waals surface area contributed by atoms with Crippen LogP contribution in [0.15, 0.2) is 76.9 Å². The number of aromatic amines is 1. The van der Waals surface area contributed by atoms with Crippen LogP contribution in [0, 0.1) is 0 Å². The summed E-state index contributed by atoms with van der Waals surface area (Å²) in [5.41, 5.74) is 3.94. The molecule has 1 atom stereocenters. The summed E-state index contributed by atoms with van der Waals surface area (Å²) < 4.78 is 0. The maximum Gasteiger partial charge on any atom is 0.263 e. The van der Waals surface area contributed by atoms with Crippen LogP contribution in [0.1, 0.15) is 18.5 Å². The van der Waals surface area contributed by atoms with E-state index in [9.17, 15) is 4.79 Å². The summed E-state index contributed by atoms with van der Waals surface area (Å²) in [6.45, 7) is 2.04. The number of fused-ring (bicyclic) bond motifs is 2. The van der Waals surface area contributed by atoms with Crippen molar-refractivity contribution in [2.24, 2.45) is 0 Å². The van der Waals surface area contributed by atoms with Crippen LogP contribution in [0.2, 0.25) is 0 Å². The quantitative estimate of drug-likeness (QED) is 0.299. The maximum atomic E-state index is 12.5. The molecule has 158 valence electrons. The Labute approximate surface area is 188 Å². The Morgan fingerprint density at radius 3 is 2.59 bits per heavy atom. The number of thioether (sulfide) groups is 1. The molecule has 0 unspecified atom stereocenters. The number of hydrogen-bond donors (Lipinski definition) is 2. The highest BCUT2D eigenvalue weighted by Crippen LogP contribution is 2.32. The molecule has 2 N–H and O–H groups in total. The highest BCUT2D eigenvalue weighted by molar-refractivity contribution is 7.98. The predicted octanol–water partition coefficient (Wildman–Crippen LogP) is 4.82. The number of anilines is 1. The third-order valence-electron chi connectivity index (χ3n) is 5.28. The molecule has 0 saturated carbocycles. The number of benzene rings is 2. The van der Waals surface area contributed by atoms with Crippen molar-refractivity contribution in [3.05, 3.63) is 82.9 Å². The molecule has 5 rings (SSSR count). The van der Waals surface area contributed by atoms with Gasteiger partial charge in [-0.3, -0.25) is 4.79 Å².